The van der Waals surface area contributed by atoms with Gasteiger partial charge in [0.25, 0.3) is 0 Å². The quantitative estimate of drug-likeness (QED) is 0.872. The van der Waals surface area contributed by atoms with Gasteiger partial charge in [-0.25, -0.2) is 4.79 Å². The summed E-state index contributed by atoms with van der Waals surface area (Å²) in [6, 6.07) is 5.31. The van der Waals surface area contributed by atoms with Crippen LogP contribution < -0.4 is 14.8 Å². The Hall–Kier alpha value is -1.95. The molecular formula is C17H26N2O4. The Morgan fingerprint density at radius 3 is 2.70 bits per heavy atom. The lowest BCUT2D eigenvalue weighted by molar-refractivity contribution is 0.157. The Labute approximate surface area is 137 Å². The summed E-state index contributed by atoms with van der Waals surface area (Å²) in [6.07, 6.45) is 1.80. The molecule has 23 heavy (non-hydrogen) atoms. The number of nitrogens with one attached hydrogen (secondary N) is 1. The summed E-state index contributed by atoms with van der Waals surface area (Å²) in [5, 5.41) is 2.67. The molecule has 0 saturated carbocycles. The van der Waals surface area contributed by atoms with E-state index in [0.717, 1.165) is 25.9 Å². The first-order valence-corrected chi connectivity index (χ1v) is 8.05. The van der Waals surface area contributed by atoms with Gasteiger partial charge in [0, 0.05) is 11.8 Å². The number of carbonyl (C=O) groups is 1. The van der Waals surface area contributed by atoms with Gasteiger partial charge in [-0.2, -0.15) is 0 Å². The molecule has 1 heterocycles. The topological polar surface area (TPSA) is 60.0 Å². The van der Waals surface area contributed by atoms with E-state index in [1.165, 1.54) is 0 Å². The number of anilines is 1. The molecular weight excluding hydrogens is 296 g/mol. The van der Waals surface area contributed by atoms with E-state index in [1.54, 1.807) is 32.2 Å². The molecule has 0 unspecified atom stereocenters. The number of hydrogen-bond donors (Lipinski definition) is 1. The van der Waals surface area contributed by atoms with Crippen molar-refractivity contribution in [1.82, 2.24) is 4.90 Å². The minimum absolute atomic E-state index is 0.335. The molecule has 0 spiro atoms. The predicted molar refractivity (Wildman–Crippen MR) is 89.4 cm³/mol. The molecule has 0 atom stereocenters. The van der Waals surface area contributed by atoms with E-state index in [0.29, 0.717) is 36.3 Å². The Kier molecular flexibility index (Phi) is 6.52. The fourth-order valence-corrected chi connectivity index (χ4v) is 2.59. The van der Waals surface area contributed by atoms with Gasteiger partial charge in [0.15, 0.2) is 11.5 Å². The number of hydrogen-bond acceptors (Lipinski definition) is 5. The number of benzene rings is 1. The van der Waals surface area contributed by atoms with Crippen LogP contribution in [0.15, 0.2) is 18.2 Å². The van der Waals surface area contributed by atoms with Crippen molar-refractivity contribution in [3.05, 3.63) is 18.2 Å². The first kappa shape index (κ1) is 17.4. The highest BCUT2D eigenvalue weighted by Crippen LogP contribution is 2.31. The molecule has 1 aliphatic heterocycles. The predicted octanol–water partition coefficient (Wildman–Crippen LogP) is 2.98. The summed E-state index contributed by atoms with van der Waals surface area (Å²) in [6.45, 7) is 4.98. The summed E-state index contributed by atoms with van der Waals surface area (Å²) in [7, 11) is 3.75. The third-order valence-electron chi connectivity index (χ3n) is 4.00. The molecule has 2 rings (SSSR count). The van der Waals surface area contributed by atoms with Crippen LogP contribution in [0.25, 0.3) is 0 Å². The van der Waals surface area contributed by atoms with Crippen molar-refractivity contribution in [2.24, 2.45) is 5.92 Å². The van der Waals surface area contributed by atoms with Crippen LogP contribution in [0, 0.1) is 5.92 Å². The molecule has 0 bridgehead atoms. The number of methoxy groups -OCH3 is 1. The minimum atomic E-state index is -0.473. The minimum Gasteiger partial charge on any atom is -0.493 e. The number of nitrogens with zero attached hydrogens (tertiary/aromatic N) is 1. The summed E-state index contributed by atoms with van der Waals surface area (Å²) >= 11 is 0. The van der Waals surface area contributed by atoms with Crippen LogP contribution in [0.1, 0.15) is 19.8 Å². The van der Waals surface area contributed by atoms with Gasteiger partial charge in [-0.1, -0.05) is 0 Å². The highest BCUT2D eigenvalue weighted by atomic mass is 16.5. The summed E-state index contributed by atoms with van der Waals surface area (Å²) < 4.78 is 16.2. The van der Waals surface area contributed by atoms with Crippen LogP contribution in [0.5, 0.6) is 11.5 Å². The van der Waals surface area contributed by atoms with Crippen LogP contribution in [0.2, 0.25) is 0 Å². The first-order valence-electron chi connectivity index (χ1n) is 8.05. The molecule has 1 aliphatic rings. The molecule has 1 saturated heterocycles. The average Bonchev–Trinajstić information content (AvgIpc) is 2.55. The largest absolute Gasteiger partial charge is 0.493 e. The highest BCUT2D eigenvalue weighted by molar-refractivity contribution is 5.85. The molecule has 128 valence electrons. The van der Waals surface area contributed by atoms with Crippen molar-refractivity contribution in [3.63, 3.8) is 0 Å². The van der Waals surface area contributed by atoms with Crippen molar-refractivity contribution < 1.29 is 19.0 Å². The molecule has 0 aromatic heterocycles. The smallest absolute Gasteiger partial charge is 0.411 e. The van der Waals surface area contributed by atoms with E-state index in [-0.39, 0.29) is 0 Å². The van der Waals surface area contributed by atoms with Crippen LogP contribution in [-0.2, 0) is 4.74 Å². The maximum atomic E-state index is 11.5. The van der Waals surface area contributed by atoms with E-state index in [1.807, 2.05) is 0 Å². The average molecular weight is 322 g/mol. The van der Waals surface area contributed by atoms with E-state index < -0.39 is 6.09 Å². The molecule has 1 aromatic rings. The first-order chi connectivity index (χ1) is 11.1. The molecule has 0 radical (unpaired) electrons. The lowest BCUT2D eigenvalue weighted by Crippen LogP contribution is -2.32. The number of likely N-dealkylation sites (tertiary alicyclic amines) is 1. The van der Waals surface area contributed by atoms with E-state index >= 15 is 0 Å². The maximum Gasteiger partial charge on any atom is 0.411 e. The zero-order valence-electron chi connectivity index (χ0n) is 14.1. The van der Waals surface area contributed by atoms with Gasteiger partial charge in [-0.15, -0.1) is 0 Å². The number of piperidine rings is 1. The SMILES string of the molecule is CCOC(=O)Nc1ccc(OC)c(OCC2CCN(C)CC2)c1. The monoisotopic (exact) mass is 322 g/mol. The maximum absolute atomic E-state index is 11.5. The van der Waals surface area contributed by atoms with Crippen molar-refractivity contribution in [2.75, 3.05) is 45.8 Å². The Bertz CT molecular complexity index is 513. The zero-order chi connectivity index (χ0) is 16.7. The number of ether oxygens (including phenoxy) is 3. The van der Waals surface area contributed by atoms with E-state index in [9.17, 15) is 4.79 Å². The van der Waals surface area contributed by atoms with Gasteiger partial charge in [0.1, 0.15) is 0 Å². The third-order valence-corrected chi connectivity index (χ3v) is 4.00. The van der Waals surface area contributed by atoms with Crippen LogP contribution in [0.3, 0.4) is 0 Å². The Balaban J connectivity index is 1.96. The Morgan fingerprint density at radius 1 is 1.30 bits per heavy atom. The second kappa shape index (κ2) is 8.62. The number of carbonyl (C=O) groups excluding carboxylic acids is 1. The lowest BCUT2D eigenvalue weighted by atomic mass is 9.98. The van der Waals surface area contributed by atoms with Gasteiger partial charge < -0.3 is 19.1 Å². The third kappa shape index (κ3) is 5.32. The molecule has 1 amide bonds. The van der Waals surface area contributed by atoms with Gasteiger partial charge in [-0.05, 0) is 58.0 Å². The van der Waals surface area contributed by atoms with E-state index in [2.05, 4.69) is 17.3 Å². The van der Waals surface area contributed by atoms with Gasteiger partial charge in [-0.3, -0.25) is 5.32 Å². The normalized spacial score (nSPS) is 16.0. The second-order valence-corrected chi connectivity index (χ2v) is 5.77. The molecule has 6 heteroatoms. The summed E-state index contributed by atoms with van der Waals surface area (Å²) in [5.41, 5.74) is 0.627. The lowest BCUT2D eigenvalue weighted by Gasteiger charge is -2.28. The summed E-state index contributed by atoms with van der Waals surface area (Å²) in [4.78, 5) is 13.8. The highest BCUT2D eigenvalue weighted by Gasteiger charge is 2.18. The van der Waals surface area contributed by atoms with Crippen LogP contribution in [0.4, 0.5) is 10.5 Å². The van der Waals surface area contributed by atoms with Crippen LogP contribution >= 0.6 is 0 Å². The molecule has 1 aromatic carbocycles. The van der Waals surface area contributed by atoms with Crippen molar-refractivity contribution in [2.45, 2.75) is 19.8 Å². The zero-order valence-corrected chi connectivity index (χ0v) is 14.1. The molecule has 6 nitrogen and oxygen atoms in total. The number of amides is 1. The van der Waals surface area contributed by atoms with Gasteiger partial charge in [0.05, 0.1) is 20.3 Å². The van der Waals surface area contributed by atoms with Gasteiger partial charge in [0.2, 0.25) is 0 Å². The van der Waals surface area contributed by atoms with Gasteiger partial charge >= 0.3 is 6.09 Å². The standard InChI is InChI=1S/C17H26N2O4/c1-4-22-17(20)18-14-5-6-15(21-3)16(11-14)23-12-13-7-9-19(2)10-8-13/h5-6,11,13H,4,7-10,12H2,1-3H3,(H,18,20). The Morgan fingerprint density at radius 2 is 2.04 bits per heavy atom. The number of rotatable bonds is 6. The molecule has 1 fully saturated rings. The van der Waals surface area contributed by atoms with Crippen molar-refractivity contribution in [1.29, 1.82) is 0 Å². The molecule has 0 aliphatic carbocycles. The fraction of sp³-hybridized carbons (Fsp3) is 0.588. The molecule has 1 N–H and O–H groups in total. The van der Waals surface area contributed by atoms with Crippen molar-refractivity contribution in [3.8, 4) is 11.5 Å². The van der Waals surface area contributed by atoms with Crippen molar-refractivity contribution >= 4 is 11.8 Å². The second-order valence-electron chi connectivity index (χ2n) is 5.77. The van der Waals surface area contributed by atoms with E-state index in [4.69, 9.17) is 14.2 Å². The fourth-order valence-electron chi connectivity index (χ4n) is 2.59. The van der Waals surface area contributed by atoms with Crippen LogP contribution in [-0.4, -0.2) is 51.5 Å². The summed E-state index contributed by atoms with van der Waals surface area (Å²) in [5.74, 6) is 1.85.